The van der Waals surface area contributed by atoms with Crippen LogP contribution in [0.3, 0.4) is 0 Å². The van der Waals surface area contributed by atoms with Gasteiger partial charge >= 0.3 is 0 Å². The molecule has 0 spiro atoms. The number of fused-ring (bicyclic) bond motifs is 9. The Morgan fingerprint density at radius 3 is 2.56 bits per heavy atom. The van der Waals surface area contributed by atoms with Gasteiger partial charge in [-0.15, -0.1) is 0 Å². The van der Waals surface area contributed by atoms with Crippen molar-refractivity contribution in [3.05, 3.63) is 0 Å². The summed E-state index contributed by atoms with van der Waals surface area (Å²) in [5.41, 5.74) is 0.246. The summed E-state index contributed by atoms with van der Waals surface area (Å²) in [6, 6.07) is 0. The van der Waals surface area contributed by atoms with Crippen LogP contribution < -0.4 is 0 Å². The molecule has 0 aromatic rings. The minimum absolute atomic E-state index is 0.246. The summed E-state index contributed by atoms with van der Waals surface area (Å²) in [5.74, 6) is 5.79. The zero-order valence-corrected chi connectivity index (χ0v) is 11.4. The van der Waals surface area contributed by atoms with Gasteiger partial charge in [0.2, 0.25) is 0 Å². The first-order valence-corrected chi connectivity index (χ1v) is 7.95. The molecule has 4 bridgehead atoms. The SMILES string of the molecule is CCC1(CO)CC2CC1C1C3CC(CC3CO)C21. The third-order valence-corrected chi connectivity index (χ3v) is 7.54. The molecule has 0 saturated heterocycles. The molecule has 8 atom stereocenters. The fourth-order valence-electron chi connectivity index (χ4n) is 6.95. The van der Waals surface area contributed by atoms with E-state index in [4.69, 9.17) is 0 Å². The van der Waals surface area contributed by atoms with Crippen LogP contribution >= 0.6 is 0 Å². The molecule has 0 aliphatic heterocycles. The lowest BCUT2D eigenvalue weighted by Gasteiger charge is -2.47. The first kappa shape index (κ1) is 11.7. The largest absolute Gasteiger partial charge is 0.396 e. The molecule has 4 aliphatic carbocycles. The molecular weight excluding hydrogens is 224 g/mol. The molecular formula is C16H26O2. The van der Waals surface area contributed by atoms with Gasteiger partial charge < -0.3 is 10.2 Å². The van der Waals surface area contributed by atoms with Crippen molar-refractivity contribution in [3.8, 4) is 0 Å². The first-order chi connectivity index (χ1) is 8.74. The first-order valence-electron chi connectivity index (χ1n) is 7.95. The van der Waals surface area contributed by atoms with Gasteiger partial charge in [0.15, 0.2) is 0 Å². The van der Waals surface area contributed by atoms with Crippen LogP contribution in [0.4, 0.5) is 0 Å². The van der Waals surface area contributed by atoms with E-state index in [-0.39, 0.29) is 5.41 Å². The molecule has 0 aromatic heterocycles. The summed E-state index contributed by atoms with van der Waals surface area (Å²) >= 11 is 0. The van der Waals surface area contributed by atoms with E-state index in [0.717, 1.165) is 41.9 Å². The number of aliphatic hydroxyl groups is 2. The average Bonchev–Trinajstić information content (AvgIpc) is 3.13. The van der Waals surface area contributed by atoms with Crippen molar-refractivity contribution >= 4 is 0 Å². The Bertz CT molecular complexity index is 349. The van der Waals surface area contributed by atoms with Crippen LogP contribution in [-0.2, 0) is 0 Å². The van der Waals surface area contributed by atoms with E-state index in [1.165, 1.54) is 25.7 Å². The summed E-state index contributed by atoms with van der Waals surface area (Å²) < 4.78 is 0. The monoisotopic (exact) mass is 250 g/mol. The van der Waals surface area contributed by atoms with Crippen LogP contribution in [-0.4, -0.2) is 23.4 Å². The van der Waals surface area contributed by atoms with Crippen LogP contribution in [0.2, 0.25) is 0 Å². The van der Waals surface area contributed by atoms with Gasteiger partial charge in [0.05, 0.1) is 0 Å². The molecule has 2 nitrogen and oxygen atoms in total. The summed E-state index contributed by atoms with van der Waals surface area (Å²) in [7, 11) is 0. The molecule has 102 valence electrons. The molecule has 8 unspecified atom stereocenters. The van der Waals surface area contributed by atoms with Crippen LogP contribution in [0.15, 0.2) is 0 Å². The van der Waals surface area contributed by atoms with Crippen molar-refractivity contribution < 1.29 is 10.2 Å². The van der Waals surface area contributed by atoms with Gasteiger partial charge in [0, 0.05) is 13.2 Å². The van der Waals surface area contributed by atoms with Gasteiger partial charge in [-0.25, -0.2) is 0 Å². The highest BCUT2D eigenvalue weighted by molar-refractivity contribution is 5.16. The number of hydrogen-bond donors (Lipinski definition) is 2. The van der Waals surface area contributed by atoms with E-state index in [9.17, 15) is 10.2 Å². The number of aliphatic hydroxyl groups excluding tert-OH is 2. The predicted molar refractivity (Wildman–Crippen MR) is 69.8 cm³/mol. The van der Waals surface area contributed by atoms with Crippen molar-refractivity contribution in [2.45, 2.75) is 39.0 Å². The highest BCUT2D eigenvalue weighted by Crippen LogP contribution is 2.73. The van der Waals surface area contributed by atoms with Crippen LogP contribution in [0.5, 0.6) is 0 Å². The Kier molecular flexibility index (Phi) is 2.43. The van der Waals surface area contributed by atoms with Gasteiger partial charge in [-0.3, -0.25) is 0 Å². The maximum Gasteiger partial charge on any atom is 0.0490 e. The normalized spacial score (nSPS) is 60.5. The van der Waals surface area contributed by atoms with Gasteiger partial charge in [-0.1, -0.05) is 6.92 Å². The van der Waals surface area contributed by atoms with Crippen molar-refractivity contribution in [2.24, 2.45) is 46.8 Å². The van der Waals surface area contributed by atoms with Gasteiger partial charge in [-0.2, -0.15) is 0 Å². The summed E-state index contributed by atoms with van der Waals surface area (Å²) in [4.78, 5) is 0. The molecule has 0 radical (unpaired) electrons. The molecule has 4 aliphatic rings. The molecule has 4 saturated carbocycles. The van der Waals surface area contributed by atoms with Gasteiger partial charge in [-0.05, 0) is 78.9 Å². The lowest BCUT2D eigenvalue weighted by molar-refractivity contribution is -0.0284. The lowest BCUT2D eigenvalue weighted by Crippen LogP contribution is -2.43. The molecule has 2 N–H and O–H groups in total. The topological polar surface area (TPSA) is 40.5 Å². The molecule has 4 rings (SSSR count). The minimum Gasteiger partial charge on any atom is -0.396 e. The fraction of sp³-hybridized carbons (Fsp3) is 1.00. The van der Waals surface area contributed by atoms with E-state index in [1.54, 1.807) is 0 Å². The summed E-state index contributed by atoms with van der Waals surface area (Å²) in [6.45, 7) is 3.07. The van der Waals surface area contributed by atoms with Crippen molar-refractivity contribution in [1.29, 1.82) is 0 Å². The van der Waals surface area contributed by atoms with Crippen molar-refractivity contribution in [1.82, 2.24) is 0 Å². The number of rotatable bonds is 3. The standard InChI is InChI=1S/C16H26O2/c1-2-16(8-18)6-10-5-13(16)15-12-4-9(14(10)15)3-11(12)7-17/h9-15,17-18H,2-8H2,1H3. The van der Waals surface area contributed by atoms with E-state index in [2.05, 4.69) is 6.92 Å². The molecule has 0 aromatic carbocycles. The smallest absolute Gasteiger partial charge is 0.0490 e. The zero-order chi connectivity index (χ0) is 12.5. The predicted octanol–water partition coefficient (Wildman–Crippen LogP) is 2.30. The summed E-state index contributed by atoms with van der Waals surface area (Å²) in [6.07, 6.45) is 6.51. The Morgan fingerprint density at radius 2 is 1.89 bits per heavy atom. The Hall–Kier alpha value is -0.0800. The Balaban J connectivity index is 1.66. The van der Waals surface area contributed by atoms with Crippen LogP contribution in [0.25, 0.3) is 0 Å². The van der Waals surface area contributed by atoms with Crippen LogP contribution in [0, 0.1) is 46.8 Å². The zero-order valence-electron chi connectivity index (χ0n) is 11.4. The highest BCUT2D eigenvalue weighted by atomic mass is 16.3. The second kappa shape index (κ2) is 3.73. The van der Waals surface area contributed by atoms with Crippen molar-refractivity contribution in [3.63, 3.8) is 0 Å². The van der Waals surface area contributed by atoms with E-state index >= 15 is 0 Å². The fourth-order valence-corrected chi connectivity index (χ4v) is 6.95. The number of hydrogen-bond acceptors (Lipinski definition) is 2. The van der Waals surface area contributed by atoms with Gasteiger partial charge in [0.1, 0.15) is 0 Å². The third kappa shape index (κ3) is 1.17. The van der Waals surface area contributed by atoms with Crippen molar-refractivity contribution in [2.75, 3.05) is 13.2 Å². The van der Waals surface area contributed by atoms with Gasteiger partial charge in [0.25, 0.3) is 0 Å². The van der Waals surface area contributed by atoms with E-state index in [1.807, 2.05) is 0 Å². The minimum atomic E-state index is 0.246. The second-order valence-electron chi connectivity index (χ2n) is 7.67. The summed E-state index contributed by atoms with van der Waals surface area (Å²) in [5, 5.41) is 19.5. The second-order valence-corrected chi connectivity index (χ2v) is 7.67. The average molecular weight is 250 g/mol. The maximum atomic E-state index is 9.90. The highest BCUT2D eigenvalue weighted by Gasteiger charge is 2.67. The van der Waals surface area contributed by atoms with E-state index in [0.29, 0.717) is 19.1 Å². The molecule has 0 heterocycles. The quantitative estimate of drug-likeness (QED) is 0.755. The van der Waals surface area contributed by atoms with E-state index < -0.39 is 0 Å². The Morgan fingerprint density at radius 1 is 1.06 bits per heavy atom. The maximum absolute atomic E-state index is 9.90. The lowest BCUT2D eigenvalue weighted by atomic mass is 9.58. The Labute approximate surface area is 110 Å². The molecule has 0 amide bonds. The van der Waals surface area contributed by atoms with Crippen LogP contribution in [0.1, 0.15) is 39.0 Å². The molecule has 2 heteroatoms. The third-order valence-electron chi connectivity index (χ3n) is 7.54. The molecule has 18 heavy (non-hydrogen) atoms. The molecule has 4 fully saturated rings.